The van der Waals surface area contributed by atoms with Gasteiger partial charge in [0.1, 0.15) is 0 Å². The highest BCUT2D eigenvalue weighted by atomic mass is 16.5. The van der Waals surface area contributed by atoms with Gasteiger partial charge >= 0.3 is 0 Å². The van der Waals surface area contributed by atoms with E-state index in [1.54, 1.807) is 12.1 Å². The molecule has 0 spiro atoms. The highest BCUT2D eigenvalue weighted by molar-refractivity contribution is 5.68. The van der Waals surface area contributed by atoms with Crippen LogP contribution in [-0.2, 0) is 4.74 Å². The minimum Gasteiger partial charge on any atom is -0.397 e. The first-order valence-electron chi connectivity index (χ1n) is 5.98. The van der Waals surface area contributed by atoms with Gasteiger partial charge < -0.3 is 15.8 Å². The van der Waals surface area contributed by atoms with Crippen LogP contribution in [0, 0.1) is 11.3 Å². The Balaban J connectivity index is 1.75. The third-order valence-corrected chi connectivity index (χ3v) is 3.63. The molecule has 0 aromatic heterocycles. The Labute approximate surface area is 100 Å². The Hall–Kier alpha value is -1.73. The van der Waals surface area contributed by atoms with E-state index in [4.69, 9.17) is 15.7 Å². The third-order valence-electron chi connectivity index (χ3n) is 3.63. The van der Waals surface area contributed by atoms with Crippen LogP contribution in [-0.4, -0.2) is 18.2 Å². The molecule has 2 heterocycles. The number of nitrogens with zero attached hydrogens (tertiary/aromatic N) is 1. The Bertz CT molecular complexity index is 480. The lowest BCUT2D eigenvalue weighted by Crippen LogP contribution is -2.30. The van der Waals surface area contributed by atoms with E-state index in [2.05, 4.69) is 11.4 Å². The van der Waals surface area contributed by atoms with Crippen LogP contribution in [0.15, 0.2) is 18.2 Å². The number of nitrogen functional groups attached to an aromatic ring is 1. The summed E-state index contributed by atoms with van der Waals surface area (Å²) in [4.78, 5) is 0. The molecule has 2 aliphatic rings. The largest absolute Gasteiger partial charge is 0.397 e. The van der Waals surface area contributed by atoms with Crippen molar-refractivity contribution >= 4 is 11.4 Å². The first kappa shape index (κ1) is 10.4. The first-order valence-corrected chi connectivity index (χ1v) is 5.98. The van der Waals surface area contributed by atoms with Crippen molar-refractivity contribution in [3.63, 3.8) is 0 Å². The molecule has 88 valence electrons. The van der Waals surface area contributed by atoms with Gasteiger partial charge in [-0.05, 0) is 37.5 Å². The molecule has 1 aromatic rings. The smallest absolute Gasteiger partial charge is 0.0992 e. The van der Waals surface area contributed by atoms with Crippen molar-refractivity contribution in [2.24, 2.45) is 0 Å². The maximum absolute atomic E-state index is 8.78. The lowest BCUT2D eigenvalue weighted by Gasteiger charge is -2.22. The van der Waals surface area contributed by atoms with Gasteiger partial charge in [0.2, 0.25) is 0 Å². The molecule has 2 fully saturated rings. The molecule has 2 aliphatic heterocycles. The van der Waals surface area contributed by atoms with E-state index in [-0.39, 0.29) is 0 Å². The number of benzene rings is 1. The van der Waals surface area contributed by atoms with Gasteiger partial charge in [0, 0.05) is 0 Å². The summed E-state index contributed by atoms with van der Waals surface area (Å²) in [6, 6.07) is 7.81. The summed E-state index contributed by atoms with van der Waals surface area (Å²) in [6.45, 7) is 0. The average molecular weight is 229 g/mol. The fourth-order valence-corrected chi connectivity index (χ4v) is 2.75. The summed E-state index contributed by atoms with van der Waals surface area (Å²) in [6.07, 6.45) is 4.14. The Kier molecular flexibility index (Phi) is 2.41. The Morgan fingerprint density at radius 1 is 1.41 bits per heavy atom. The van der Waals surface area contributed by atoms with Gasteiger partial charge in [-0.25, -0.2) is 0 Å². The standard InChI is InChI=1S/C13H15N3O/c14-7-8-1-3-11(10(15)5-8)16-12-6-9-2-4-13(12)17-9/h1,3,5,9,12-13,16H,2,4,6,15H2. The van der Waals surface area contributed by atoms with Gasteiger partial charge in [-0.1, -0.05) is 0 Å². The minimum atomic E-state index is 0.329. The highest BCUT2D eigenvalue weighted by Gasteiger charge is 2.40. The van der Waals surface area contributed by atoms with Crippen LogP contribution in [0.3, 0.4) is 0 Å². The number of hydrogen-bond acceptors (Lipinski definition) is 4. The molecule has 4 heteroatoms. The van der Waals surface area contributed by atoms with Crippen molar-refractivity contribution in [2.45, 2.75) is 37.5 Å². The molecule has 2 saturated heterocycles. The topological polar surface area (TPSA) is 71.1 Å². The zero-order valence-corrected chi connectivity index (χ0v) is 9.52. The first-order chi connectivity index (χ1) is 8.26. The predicted octanol–water partition coefficient (Wildman–Crippen LogP) is 1.87. The SMILES string of the molecule is N#Cc1ccc(NC2CC3CCC2O3)c(N)c1. The molecule has 4 nitrogen and oxygen atoms in total. The van der Waals surface area contributed by atoms with Crippen LogP contribution >= 0.6 is 0 Å². The number of nitriles is 1. The molecule has 3 atom stereocenters. The number of fused-ring (bicyclic) bond motifs is 2. The number of anilines is 2. The minimum absolute atomic E-state index is 0.329. The summed E-state index contributed by atoms with van der Waals surface area (Å²) in [5.74, 6) is 0. The van der Waals surface area contributed by atoms with E-state index in [0.717, 1.165) is 18.5 Å². The maximum Gasteiger partial charge on any atom is 0.0992 e. The second-order valence-corrected chi connectivity index (χ2v) is 4.77. The molecule has 0 saturated carbocycles. The predicted molar refractivity (Wildman–Crippen MR) is 65.5 cm³/mol. The van der Waals surface area contributed by atoms with E-state index in [9.17, 15) is 0 Å². The van der Waals surface area contributed by atoms with E-state index in [1.165, 1.54) is 6.42 Å². The molecule has 1 aromatic carbocycles. The van der Waals surface area contributed by atoms with Crippen molar-refractivity contribution in [3.05, 3.63) is 23.8 Å². The molecule has 0 amide bonds. The van der Waals surface area contributed by atoms with Crippen LogP contribution in [0.1, 0.15) is 24.8 Å². The molecule has 17 heavy (non-hydrogen) atoms. The number of nitrogens with two attached hydrogens (primary N) is 1. The van der Waals surface area contributed by atoms with Gasteiger partial charge in [0.15, 0.2) is 0 Å². The molecule has 0 aliphatic carbocycles. The quantitative estimate of drug-likeness (QED) is 0.759. The molecule has 3 unspecified atom stereocenters. The summed E-state index contributed by atoms with van der Waals surface area (Å²) < 4.78 is 5.79. The van der Waals surface area contributed by atoms with Crippen molar-refractivity contribution in [2.75, 3.05) is 11.1 Å². The third kappa shape index (κ3) is 1.83. The zero-order chi connectivity index (χ0) is 11.8. The van der Waals surface area contributed by atoms with E-state index in [0.29, 0.717) is 29.5 Å². The summed E-state index contributed by atoms with van der Waals surface area (Å²) in [7, 11) is 0. The van der Waals surface area contributed by atoms with Crippen molar-refractivity contribution in [3.8, 4) is 6.07 Å². The molecule has 3 N–H and O–H groups in total. The van der Waals surface area contributed by atoms with Crippen molar-refractivity contribution in [1.82, 2.24) is 0 Å². The average Bonchev–Trinajstić information content (AvgIpc) is 2.93. The van der Waals surface area contributed by atoms with Gasteiger partial charge in [-0.2, -0.15) is 5.26 Å². The van der Waals surface area contributed by atoms with Gasteiger partial charge in [-0.15, -0.1) is 0 Å². The van der Waals surface area contributed by atoms with Crippen molar-refractivity contribution in [1.29, 1.82) is 5.26 Å². The van der Waals surface area contributed by atoms with Crippen LogP contribution in [0.2, 0.25) is 0 Å². The summed E-state index contributed by atoms with van der Waals surface area (Å²) >= 11 is 0. The van der Waals surface area contributed by atoms with Gasteiger partial charge in [0.05, 0.1) is 41.3 Å². The Morgan fingerprint density at radius 2 is 2.29 bits per heavy atom. The zero-order valence-electron chi connectivity index (χ0n) is 9.52. The number of ether oxygens (including phenoxy) is 1. The fraction of sp³-hybridized carbons (Fsp3) is 0.462. The highest BCUT2D eigenvalue weighted by Crippen LogP contribution is 2.36. The molecular formula is C13H15N3O. The van der Waals surface area contributed by atoms with Crippen LogP contribution in [0.25, 0.3) is 0 Å². The van der Waals surface area contributed by atoms with Crippen LogP contribution < -0.4 is 11.1 Å². The molecule has 0 radical (unpaired) electrons. The monoisotopic (exact) mass is 229 g/mol. The van der Waals surface area contributed by atoms with E-state index < -0.39 is 0 Å². The number of hydrogen-bond donors (Lipinski definition) is 2. The second-order valence-electron chi connectivity index (χ2n) is 4.77. The van der Waals surface area contributed by atoms with Crippen LogP contribution in [0.5, 0.6) is 0 Å². The van der Waals surface area contributed by atoms with Gasteiger partial charge in [0.25, 0.3) is 0 Å². The van der Waals surface area contributed by atoms with Crippen molar-refractivity contribution < 1.29 is 4.74 Å². The summed E-state index contributed by atoms with van der Waals surface area (Å²) in [5.41, 5.74) is 8.05. The normalized spacial score (nSPS) is 30.2. The number of nitrogens with one attached hydrogen (secondary N) is 1. The lowest BCUT2D eigenvalue weighted by molar-refractivity contribution is 0.102. The molecule has 2 bridgehead atoms. The molecule has 3 rings (SSSR count). The lowest BCUT2D eigenvalue weighted by atomic mass is 9.95. The fourth-order valence-electron chi connectivity index (χ4n) is 2.75. The van der Waals surface area contributed by atoms with E-state index >= 15 is 0 Å². The number of rotatable bonds is 2. The molecular weight excluding hydrogens is 214 g/mol. The maximum atomic E-state index is 8.78. The second kappa shape index (κ2) is 3.94. The van der Waals surface area contributed by atoms with E-state index in [1.807, 2.05) is 6.07 Å². The summed E-state index contributed by atoms with van der Waals surface area (Å²) in [5, 5.41) is 12.2. The van der Waals surface area contributed by atoms with Gasteiger partial charge in [-0.3, -0.25) is 0 Å². The Morgan fingerprint density at radius 3 is 2.88 bits per heavy atom. The van der Waals surface area contributed by atoms with Crippen LogP contribution in [0.4, 0.5) is 11.4 Å².